The molecule has 0 saturated heterocycles. The van der Waals surface area contributed by atoms with E-state index in [1.165, 1.54) is 6.07 Å². The third-order valence-electron chi connectivity index (χ3n) is 3.24. The first-order valence-corrected chi connectivity index (χ1v) is 6.53. The molecule has 0 aliphatic rings. The summed E-state index contributed by atoms with van der Waals surface area (Å²) in [6, 6.07) is 14.7. The number of nitrogens with one attached hydrogen (secondary N) is 1. The Morgan fingerprint density at radius 2 is 1.75 bits per heavy atom. The zero-order valence-electron chi connectivity index (χ0n) is 11.4. The molecule has 2 nitrogen and oxygen atoms in total. The molecule has 100 valence electrons. The molecule has 0 fully saturated rings. The third-order valence-corrected chi connectivity index (χ3v) is 3.24. The highest BCUT2D eigenvalue weighted by Gasteiger charge is 2.07. The second kappa shape index (κ2) is 4.93. The summed E-state index contributed by atoms with van der Waals surface area (Å²) in [4.78, 5) is 4.51. The number of fused-ring (bicyclic) bond motifs is 1. The Morgan fingerprint density at radius 1 is 0.950 bits per heavy atom. The molecule has 2 aromatic carbocycles. The average Bonchev–Trinajstić information content (AvgIpc) is 2.42. The Morgan fingerprint density at radius 3 is 2.55 bits per heavy atom. The molecule has 0 saturated carbocycles. The van der Waals surface area contributed by atoms with Crippen LogP contribution in [0.4, 0.5) is 15.8 Å². The number of aryl methyl sites for hydroxylation is 2. The first-order valence-electron chi connectivity index (χ1n) is 6.53. The number of halogens is 1. The fourth-order valence-electron chi connectivity index (χ4n) is 2.28. The molecule has 3 aromatic rings. The molecule has 20 heavy (non-hydrogen) atoms. The second-order valence-corrected chi connectivity index (χ2v) is 4.94. The van der Waals surface area contributed by atoms with Crippen molar-refractivity contribution in [1.29, 1.82) is 0 Å². The van der Waals surface area contributed by atoms with E-state index in [0.29, 0.717) is 5.69 Å². The van der Waals surface area contributed by atoms with Gasteiger partial charge < -0.3 is 5.32 Å². The Kier molecular flexibility index (Phi) is 3.11. The van der Waals surface area contributed by atoms with Gasteiger partial charge in [0.25, 0.3) is 0 Å². The molecule has 0 unspecified atom stereocenters. The van der Waals surface area contributed by atoms with Crippen LogP contribution in [0, 0.1) is 19.7 Å². The predicted molar refractivity (Wildman–Crippen MR) is 80.9 cm³/mol. The van der Waals surface area contributed by atoms with Crippen LogP contribution in [-0.2, 0) is 0 Å². The summed E-state index contributed by atoms with van der Waals surface area (Å²) in [6.07, 6.45) is 0. The molecule has 1 aromatic heterocycles. The number of para-hydroxylation sites is 1. The van der Waals surface area contributed by atoms with E-state index in [9.17, 15) is 4.39 Å². The van der Waals surface area contributed by atoms with Gasteiger partial charge in [-0.15, -0.1) is 0 Å². The second-order valence-electron chi connectivity index (χ2n) is 4.94. The summed E-state index contributed by atoms with van der Waals surface area (Å²) in [5.74, 6) is -0.261. The van der Waals surface area contributed by atoms with Gasteiger partial charge in [0.15, 0.2) is 0 Å². The van der Waals surface area contributed by atoms with Gasteiger partial charge >= 0.3 is 0 Å². The van der Waals surface area contributed by atoms with Crippen molar-refractivity contribution in [2.45, 2.75) is 13.8 Å². The maximum Gasteiger partial charge on any atom is 0.146 e. The van der Waals surface area contributed by atoms with Crippen molar-refractivity contribution >= 4 is 22.3 Å². The van der Waals surface area contributed by atoms with Gasteiger partial charge in [-0.3, -0.25) is 4.98 Å². The minimum atomic E-state index is -0.261. The molecule has 0 atom stereocenters. The van der Waals surface area contributed by atoms with Gasteiger partial charge in [0.05, 0.1) is 11.2 Å². The van der Waals surface area contributed by atoms with Gasteiger partial charge in [-0.1, -0.05) is 23.8 Å². The Balaban J connectivity index is 2.15. The smallest absolute Gasteiger partial charge is 0.146 e. The zero-order chi connectivity index (χ0) is 14.1. The maximum absolute atomic E-state index is 13.8. The Hall–Kier alpha value is -2.42. The van der Waals surface area contributed by atoms with Crippen LogP contribution in [0.5, 0.6) is 0 Å². The number of hydrogen-bond donors (Lipinski definition) is 1. The summed E-state index contributed by atoms with van der Waals surface area (Å²) >= 11 is 0. The average molecular weight is 266 g/mol. The highest BCUT2D eigenvalue weighted by atomic mass is 19.1. The van der Waals surface area contributed by atoms with Gasteiger partial charge in [-0.25, -0.2) is 4.39 Å². The SMILES string of the molecule is Cc1ccc2nc(C)cc(Nc3ccccc3F)c2c1. The van der Waals surface area contributed by atoms with E-state index < -0.39 is 0 Å². The van der Waals surface area contributed by atoms with Crippen molar-refractivity contribution < 1.29 is 4.39 Å². The van der Waals surface area contributed by atoms with Crippen molar-refractivity contribution in [3.63, 3.8) is 0 Å². The number of rotatable bonds is 2. The van der Waals surface area contributed by atoms with Crippen LogP contribution in [0.15, 0.2) is 48.5 Å². The van der Waals surface area contributed by atoms with E-state index in [1.54, 1.807) is 12.1 Å². The van der Waals surface area contributed by atoms with E-state index in [4.69, 9.17) is 0 Å². The van der Waals surface area contributed by atoms with Crippen molar-refractivity contribution in [3.05, 3.63) is 65.6 Å². The van der Waals surface area contributed by atoms with Crippen LogP contribution >= 0.6 is 0 Å². The van der Waals surface area contributed by atoms with Crippen molar-refractivity contribution in [2.75, 3.05) is 5.32 Å². The summed E-state index contributed by atoms with van der Waals surface area (Å²) in [7, 11) is 0. The topological polar surface area (TPSA) is 24.9 Å². The minimum absolute atomic E-state index is 0.261. The molecule has 3 rings (SSSR count). The van der Waals surface area contributed by atoms with Crippen molar-refractivity contribution in [2.24, 2.45) is 0 Å². The minimum Gasteiger partial charge on any atom is -0.353 e. The van der Waals surface area contributed by atoms with E-state index in [1.807, 2.05) is 38.1 Å². The number of pyridine rings is 1. The summed E-state index contributed by atoms with van der Waals surface area (Å²) in [6.45, 7) is 3.97. The van der Waals surface area contributed by atoms with Gasteiger partial charge in [0, 0.05) is 16.8 Å². The van der Waals surface area contributed by atoms with Gasteiger partial charge in [-0.2, -0.15) is 0 Å². The molecule has 0 amide bonds. The fraction of sp³-hybridized carbons (Fsp3) is 0.118. The third kappa shape index (κ3) is 2.35. The molecule has 1 N–H and O–H groups in total. The molecule has 1 heterocycles. The van der Waals surface area contributed by atoms with Crippen LogP contribution in [0.2, 0.25) is 0 Å². The normalized spacial score (nSPS) is 10.8. The molecule has 0 spiro atoms. The number of nitrogens with zero attached hydrogens (tertiary/aromatic N) is 1. The lowest BCUT2D eigenvalue weighted by atomic mass is 10.1. The fourth-order valence-corrected chi connectivity index (χ4v) is 2.28. The number of benzene rings is 2. The number of anilines is 2. The van der Waals surface area contributed by atoms with Gasteiger partial charge in [0.2, 0.25) is 0 Å². The van der Waals surface area contributed by atoms with E-state index in [2.05, 4.69) is 16.4 Å². The van der Waals surface area contributed by atoms with E-state index >= 15 is 0 Å². The predicted octanol–water partition coefficient (Wildman–Crippen LogP) is 4.73. The molecular weight excluding hydrogens is 251 g/mol. The molecule has 0 aliphatic carbocycles. The van der Waals surface area contributed by atoms with Crippen LogP contribution in [-0.4, -0.2) is 4.98 Å². The van der Waals surface area contributed by atoms with Crippen LogP contribution in [0.3, 0.4) is 0 Å². The van der Waals surface area contributed by atoms with Crippen LogP contribution < -0.4 is 5.32 Å². The monoisotopic (exact) mass is 266 g/mol. The number of hydrogen-bond acceptors (Lipinski definition) is 2. The highest BCUT2D eigenvalue weighted by Crippen LogP contribution is 2.28. The van der Waals surface area contributed by atoms with Gasteiger partial charge in [0.1, 0.15) is 5.82 Å². The highest BCUT2D eigenvalue weighted by molar-refractivity contribution is 5.93. The number of aromatic nitrogens is 1. The quantitative estimate of drug-likeness (QED) is 0.725. The summed E-state index contributed by atoms with van der Waals surface area (Å²) in [5, 5.41) is 4.17. The van der Waals surface area contributed by atoms with E-state index in [0.717, 1.165) is 27.8 Å². The van der Waals surface area contributed by atoms with Crippen molar-refractivity contribution in [3.8, 4) is 0 Å². The molecule has 0 aliphatic heterocycles. The first kappa shape index (κ1) is 12.6. The molecule has 3 heteroatoms. The summed E-state index contributed by atoms with van der Waals surface area (Å²) in [5.41, 5.74) is 4.32. The van der Waals surface area contributed by atoms with Crippen LogP contribution in [0.1, 0.15) is 11.3 Å². The lowest BCUT2D eigenvalue weighted by Gasteiger charge is -2.12. The Bertz CT molecular complexity index is 781. The lowest BCUT2D eigenvalue weighted by molar-refractivity contribution is 0.632. The van der Waals surface area contributed by atoms with E-state index in [-0.39, 0.29) is 5.82 Å². The van der Waals surface area contributed by atoms with Crippen molar-refractivity contribution in [1.82, 2.24) is 4.98 Å². The molecule has 0 radical (unpaired) electrons. The maximum atomic E-state index is 13.8. The Labute approximate surface area is 117 Å². The zero-order valence-corrected chi connectivity index (χ0v) is 11.4. The lowest BCUT2D eigenvalue weighted by Crippen LogP contribution is -1.97. The summed E-state index contributed by atoms with van der Waals surface area (Å²) < 4.78 is 13.8. The standard InChI is InChI=1S/C17H15FN2/c1-11-7-8-15-13(9-11)17(10-12(2)19-15)20-16-6-4-3-5-14(16)18/h3-10H,1-2H3,(H,19,20). The van der Waals surface area contributed by atoms with Gasteiger partial charge in [-0.05, 0) is 44.2 Å². The molecule has 0 bridgehead atoms. The molecular formula is C17H15FN2. The van der Waals surface area contributed by atoms with Crippen LogP contribution in [0.25, 0.3) is 10.9 Å². The first-order chi connectivity index (χ1) is 9.63. The largest absolute Gasteiger partial charge is 0.353 e.